The molecule has 0 bridgehead atoms. The zero-order chi connectivity index (χ0) is 17.6. The van der Waals surface area contributed by atoms with Crippen LogP contribution in [0.2, 0.25) is 0 Å². The summed E-state index contributed by atoms with van der Waals surface area (Å²) in [5, 5.41) is 2.94. The van der Waals surface area contributed by atoms with Crippen LogP contribution in [-0.2, 0) is 4.79 Å². The van der Waals surface area contributed by atoms with Gasteiger partial charge in [0.05, 0.1) is 13.7 Å². The smallest absolute Gasteiger partial charge is 0.238 e. The summed E-state index contributed by atoms with van der Waals surface area (Å²) in [6.07, 6.45) is 0. The van der Waals surface area contributed by atoms with Crippen molar-refractivity contribution in [1.29, 1.82) is 0 Å². The number of nitrogens with zero attached hydrogens (tertiary/aromatic N) is 1. The van der Waals surface area contributed by atoms with Crippen molar-refractivity contribution in [3.8, 4) is 5.75 Å². The first kappa shape index (κ1) is 20.2. The Labute approximate surface area is 160 Å². The highest BCUT2D eigenvalue weighted by Gasteiger charge is 2.33. The molecule has 2 aromatic carbocycles. The molecular formula is C20H26ClN3O2. The Bertz CT molecular complexity index is 711. The lowest BCUT2D eigenvalue weighted by molar-refractivity contribution is -0.117. The fourth-order valence-electron chi connectivity index (χ4n) is 3.51. The number of methoxy groups -OCH3 is 1. The molecule has 0 unspecified atom stereocenters. The van der Waals surface area contributed by atoms with Crippen molar-refractivity contribution in [1.82, 2.24) is 4.90 Å². The van der Waals surface area contributed by atoms with Crippen molar-refractivity contribution >= 4 is 24.0 Å². The molecule has 2 atom stereocenters. The van der Waals surface area contributed by atoms with Gasteiger partial charge < -0.3 is 15.8 Å². The molecule has 1 amide bonds. The Morgan fingerprint density at radius 3 is 2.65 bits per heavy atom. The van der Waals surface area contributed by atoms with Gasteiger partial charge in [-0.2, -0.15) is 0 Å². The van der Waals surface area contributed by atoms with E-state index in [4.69, 9.17) is 10.5 Å². The average molecular weight is 376 g/mol. The Morgan fingerprint density at radius 2 is 1.96 bits per heavy atom. The zero-order valence-corrected chi connectivity index (χ0v) is 15.7. The van der Waals surface area contributed by atoms with Crippen LogP contribution in [-0.4, -0.2) is 44.1 Å². The summed E-state index contributed by atoms with van der Waals surface area (Å²) in [4.78, 5) is 14.6. The number of nitrogens with one attached hydrogen (secondary N) is 1. The van der Waals surface area contributed by atoms with Crippen LogP contribution in [0, 0.1) is 5.92 Å². The quantitative estimate of drug-likeness (QED) is 0.814. The molecule has 0 saturated carbocycles. The van der Waals surface area contributed by atoms with Crippen molar-refractivity contribution in [2.75, 3.05) is 38.6 Å². The molecule has 3 rings (SSSR count). The van der Waals surface area contributed by atoms with Crippen molar-refractivity contribution in [3.05, 3.63) is 60.2 Å². The first-order valence-electron chi connectivity index (χ1n) is 8.61. The van der Waals surface area contributed by atoms with E-state index in [-0.39, 0.29) is 18.3 Å². The summed E-state index contributed by atoms with van der Waals surface area (Å²) in [6.45, 7) is 2.71. The van der Waals surface area contributed by atoms with Crippen molar-refractivity contribution in [2.45, 2.75) is 5.92 Å². The van der Waals surface area contributed by atoms with Gasteiger partial charge in [-0.05, 0) is 30.2 Å². The number of hydrogen-bond donors (Lipinski definition) is 2. The second kappa shape index (κ2) is 9.57. The third-order valence-corrected chi connectivity index (χ3v) is 4.77. The van der Waals surface area contributed by atoms with E-state index in [2.05, 4.69) is 34.5 Å². The molecular weight excluding hydrogens is 350 g/mol. The van der Waals surface area contributed by atoms with E-state index < -0.39 is 0 Å². The summed E-state index contributed by atoms with van der Waals surface area (Å²) < 4.78 is 5.19. The average Bonchev–Trinajstić information content (AvgIpc) is 3.05. The van der Waals surface area contributed by atoms with E-state index in [0.717, 1.165) is 24.5 Å². The molecule has 1 aliphatic heterocycles. The molecule has 0 aromatic heterocycles. The first-order chi connectivity index (χ1) is 12.2. The van der Waals surface area contributed by atoms with Crippen LogP contribution < -0.4 is 15.8 Å². The maximum absolute atomic E-state index is 12.4. The number of carbonyl (C=O) groups excluding carboxylic acids is 1. The SMILES string of the molecule is COc1cccc(NC(=O)CN2C[C@@H](CN)[C@H](c3ccccc3)C2)c1.Cl. The monoisotopic (exact) mass is 375 g/mol. The van der Waals surface area contributed by atoms with E-state index in [1.807, 2.05) is 30.3 Å². The number of ether oxygens (including phenoxy) is 1. The van der Waals surface area contributed by atoms with Gasteiger partial charge in [-0.3, -0.25) is 9.69 Å². The molecule has 26 heavy (non-hydrogen) atoms. The number of likely N-dealkylation sites (tertiary alicyclic amines) is 1. The van der Waals surface area contributed by atoms with Crippen LogP contribution in [0.1, 0.15) is 11.5 Å². The molecule has 5 nitrogen and oxygen atoms in total. The van der Waals surface area contributed by atoms with Crippen molar-refractivity contribution in [3.63, 3.8) is 0 Å². The lowest BCUT2D eigenvalue weighted by Gasteiger charge is -2.16. The number of amides is 1. The minimum Gasteiger partial charge on any atom is -0.497 e. The molecule has 0 aliphatic carbocycles. The van der Waals surface area contributed by atoms with E-state index in [1.165, 1.54) is 5.56 Å². The highest BCUT2D eigenvalue weighted by Crippen LogP contribution is 2.31. The zero-order valence-electron chi connectivity index (χ0n) is 14.9. The summed E-state index contributed by atoms with van der Waals surface area (Å²) in [7, 11) is 1.61. The van der Waals surface area contributed by atoms with Crippen LogP contribution in [0.5, 0.6) is 5.75 Å². The second-order valence-corrected chi connectivity index (χ2v) is 6.49. The van der Waals surface area contributed by atoms with Crippen LogP contribution in [0.4, 0.5) is 5.69 Å². The van der Waals surface area contributed by atoms with Gasteiger partial charge in [-0.1, -0.05) is 36.4 Å². The topological polar surface area (TPSA) is 67.6 Å². The van der Waals surface area contributed by atoms with Crippen LogP contribution in [0.25, 0.3) is 0 Å². The summed E-state index contributed by atoms with van der Waals surface area (Å²) in [5.74, 6) is 1.48. The first-order valence-corrected chi connectivity index (χ1v) is 8.61. The lowest BCUT2D eigenvalue weighted by atomic mass is 9.89. The number of rotatable bonds is 6. The fourth-order valence-corrected chi connectivity index (χ4v) is 3.51. The normalized spacial score (nSPS) is 19.6. The van der Waals surface area contributed by atoms with Crippen molar-refractivity contribution in [2.24, 2.45) is 11.7 Å². The molecule has 1 aliphatic rings. The molecule has 3 N–H and O–H groups in total. The van der Waals surface area contributed by atoms with Gasteiger partial charge >= 0.3 is 0 Å². The number of nitrogens with two attached hydrogens (primary N) is 1. The predicted octanol–water partition coefficient (Wildman–Crippen LogP) is 2.73. The second-order valence-electron chi connectivity index (χ2n) is 6.49. The van der Waals surface area contributed by atoms with Crippen LogP contribution >= 0.6 is 12.4 Å². The van der Waals surface area contributed by atoms with E-state index in [1.54, 1.807) is 7.11 Å². The number of benzene rings is 2. The summed E-state index contributed by atoms with van der Waals surface area (Å²) in [6, 6.07) is 17.8. The van der Waals surface area contributed by atoms with Gasteiger partial charge in [-0.15, -0.1) is 12.4 Å². The van der Waals surface area contributed by atoms with E-state index in [9.17, 15) is 4.79 Å². The Balaban J connectivity index is 0.00000243. The van der Waals surface area contributed by atoms with E-state index >= 15 is 0 Å². The minimum absolute atomic E-state index is 0. The standard InChI is InChI=1S/C20H25N3O2.ClH/c1-25-18-9-5-8-17(10-18)22-20(24)14-23-12-16(11-21)19(13-23)15-6-3-2-4-7-15;/h2-10,16,19H,11-14,21H2,1H3,(H,22,24);1H/t16-,19+;/m1./s1. The molecule has 6 heteroatoms. The Hall–Kier alpha value is -2.08. The Kier molecular flexibility index (Phi) is 7.45. The fraction of sp³-hybridized carbons (Fsp3) is 0.350. The van der Waals surface area contributed by atoms with Gasteiger partial charge in [0.15, 0.2) is 0 Å². The van der Waals surface area contributed by atoms with Gasteiger partial charge in [0.2, 0.25) is 5.91 Å². The third kappa shape index (κ3) is 4.97. The molecule has 1 saturated heterocycles. The van der Waals surface area contributed by atoms with Gasteiger partial charge in [-0.25, -0.2) is 0 Å². The molecule has 140 valence electrons. The highest BCUT2D eigenvalue weighted by molar-refractivity contribution is 5.92. The number of halogens is 1. The lowest BCUT2D eigenvalue weighted by Crippen LogP contribution is -2.32. The van der Waals surface area contributed by atoms with Gasteiger partial charge in [0, 0.05) is 30.8 Å². The van der Waals surface area contributed by atoms with E-state index in [0.29, 0.717) is 24.9 Å². The summed E-state index contributed by atoms with van der Waals surface area (Å²) in [5.41, 5.74) is 8.02. The molecule has 0 spiro atoms. The number of hydrogen-bond acceptors (Lipinski definition) is 4. The van der Waals surface area contributed by atoms with Crippen LogP contribution in [0.15, 0.2) is 54.6 Å². The minimum atomic E-state index is -0.0160. The molecule has 1 heterocycles. The van der Waals surface area contributed by atoms with Crippen molar-refractivity contribution < 1.29 is 9.53 Å². The molecule has 2 aromatic rings. The maximum atomic E-state index is 12.4. The number of anilines is 1. The predicted molar refractivity (Wildman–Crippen MR) is 107 cm³/mol. The highest BCUT2D eigenvalue weighted by atomic mass is 35.5. The maximum Gasteiger partial charge on any atom is 0.238 e. The number of carbonyl (C=O) groups is 1. The molecule has 0 radical (unpaired) electrons. The van der Waals surface area contributed by atoms with Crippen LogP contribution in [0.3, 0.4) is 0 Å². The third-order valence-electron chi connectivity index (χ3n) is 4.77. The molecule has 1 fully saturated rings. The largest absolute Gasteiger partial charge is 0.497 e. The van der Waals surface area contributed by atoms with Gasteiger partial charge in [0.1, 0.15) is 5.75 Å². The summed E-state index contributed by atoms with van der Waals surface area (Å²) >= 11 is 0. The Morgan fingerprint density at radius 1 is 1.19 bits per heavy atom. The van der Waals surface area contributed by atoms with Gasteiger partial charge in [0.25, 0.3) is 0 Å².